The van der Waals surface area contributed by atoms with Crippen molar-refractivity contribution >= 4 is 6.41 Å². The molecule has 2 rings (SSSR count). The Morgan fingerprint density at radius 3 is 2.00 bits per heavy atom. The number of hydrogen-bond acceptors (Lipinski definition) is 1. The summed E-state index contributed by atoms with van der Waals surface area (Å²) in [6.45, 7) is 9.41. The number of hydrogen-bond donors (Lipinski definition) is 1. The van der Waals surface area contributed by atoms with Gasteiger partial charge in [0.2, 0.25) is 6.41 Å². The van der Waals surface area contributed by atoms with Crippen molar-refractivity contribution in [1.82, 2.24) is 5.32 Å². The first-order chi connectivity index (χ1) is 7.28. The highest BCUT2D eigenvalue weighted by Gasteiger charge is 2.52. The van der Waals surface area contributed by atoms with Gasteiger partial charge in [0, 0.05) is 5.54 Å². The monoisotopic (exact) mass is 223 g/mol. The topological polar surface area (TPSA) is 29.1 Å². The molecule has 2 aliphatic rings. The van der Waals surface area contributed by atoms with Crippen molar-refractivity contribution in [3.63, 3.8) is 0 Å². The van der Waals surface area contributed by atoms with Crippen molar-refractivity contribution in [3.8, 4) is 0 Å². The van der Waals surface area contributed by atoms with E-state index in [4.69, 9.17) is 0 Å². The van der Waals surface area contributed by atoms with E-state index in [1.807, 2.05) is 0 Å². The Morgan fingerprint density at radius 1 is 1.06 bits per heavy atom. The van der Waals surface area contributed by atoms with Crippen LogP contribution in [0.25, 0.3) is 0 Å². The van der Waals surface area contributed by atoms with E-state index in [0.717, 1.165) is 25.2 Å². The largest absolute Gasteiger partial charge is 0.353 e. The molecular formula is C14H25NO. The molecular weight excluding hydrogens is 198 g/mol. The highest BCUT2D eigenvalue weighted by atomic mass is 16.1. The molecule has 0 aromatic heterocycles. The molecule has 2 unspecified atom stereocenters. The maximum Gasteiger partial charge on any atom is 0.207 e. The first-order valence-electron chi connectivity index (χ1n) is 6.50. The third kappa shape index (κ3) is 2.11. The first-order valence-corrected chi connectivity index (χ1v) is 6.50. The third-order valence-corrected chi connectivity index (χ3v) is 4.58. The van der Waals surface area contributed by atoms with Crippen molar-refractivity contribution < 1.29 is 4.79 Å². The van der Waals surface area contributed by atoms with Crippen molar-refractivity contribution in [2.24, 2.45) is 16.7 Å². The Labute approximate surface area is 99.2 Å². The van der Waals surface area contributed by atoms with Crippen LogP contribution in [0, 0.1) is 16.7 Å². The van der Waals surface area contributed by atoms with Gasteiger partial charge in [-0.1, -0.05) is 20.8 Å². The SMILES string of the molecule is CC1C[C@@]2(C)CC(C)(NC=O)C[C@@](C)(C1)C2. The maximum atomic E-state index is 10.8. The van der Waals surface area contributed by atoms with E-state index in [2.05, 4.69) is 33.0 Å². The summed E-state index contributed by atoms with van der Waals surface area (Å²) in [4.78, 5) is 10.8. The van der Waals surface area contributed by atoms with Crippen LogP contribution >= 0.6 is 0 Å². The third-order valence-electron chi connectivity index (χ3n) is 4.58. The molecule has 16 heavy (non-hydrogen) atoms. The van der Waals surface area contributed by atoms with Crippen LogP contribution in [0.5, 0.6) is 0 Å². The standard InChI is InChI=1S/C14H25NO/c1-11-5-12(2)7-13(3,6-11)9-14(4,8-12)15-10-16/h10-11H,5-9H2,1-4H3,(H,15,16)/t11?,12-,13+,14?. The second-order valence-electron chi connectivity index (χ2n) is 7.49. The summed E-state index contributed by atoms with van der Waals surface area (Å²) in [6.07, 6.45) is 7.13. The molecule has 0 saturated heterocycles. The summed E-state index contributed by atoms with van der Waals surface area (Å²) >= 11 is 0. The Bertz CT molecular complexity index is 281. The normalized spacial score (nSPS) is 52.1. The number of fused-ring (bicyclic) bond motifs is 2. The van der Waals surface area contributed by atoms with Gasteiger partial charge in [-0.05, 0) is 55.8 Å². The van der Waals surface area contributed by atoms with Crippen LogP contribution in [0.15, 0.2) is 0 Å². The van der Waals surface area contributed by atoms with E-state index < -0.39 is 0 Å². The number of nitrogens with one attached hydrogen (secondary N) is 1. The highest BCUT2D eigenvalue weighted by Crippen LogP contribution is 2.59. The predicted octanol–water partition coefficient (Wildman–Crippen LogP) is 3.12. The predicted molar refractivity (Wildman–Crippen MR) is 66.1 cm³/mol. The fourth-order valence-electron chi connectivity index (χ4n) is 5.39. The van der Waals surface area contributed by atoms with Gasteiger partial charge >= 0.3 is 0 Å². The number of amides is 1. The molecule has 0 aliphatic heterocycles. The van der Waals surface area contributed by atoms with Crippen molar-refractivity contribution in [3.05, 3.63) is 0 Å². The van der Waals surface area contributed by atoms with E-state index in [0.29, 0.717) is 10.8 Å². The van der Waals surface area contributed by atoms with E-state index >= 15 is 0 Å². The minimum Gasteiger partial charge on any atom is -0.353 e. The second-order valence-corrected chi connectivity index (χ2v) is 7.49. The Balaban J connectivity index is 2.25. The quantitative estimate of drug-likeness (QED) is 0.716. The van der Waals surface area contributed by atoms with Gasteiger partial charge in [-0.3, -0.25) is 4.79 Å². The average Bonchev–Trinajstić information content (AvgIpc) is 1.94. The van der Waals surface area contributed by atoms with Gasteiger partial charge in [0.15, 0.2) is 0 Å². The number of rotatable bonds is 2. The van der Waals surface area contributed by atoms with E-state index in [9.17, 15) is 4.79 Å². The molecule has 2 heteroatoms. The molecule has 2 nitrogen and oxygen atoms in total. The van der Waals surface area contributed by atoms with Gasteiger partial charge in [-0.2, -0.15) is 0 Å². The summed E-state index contributed by atoms with van der Waals surface area (Å²) in [5, 5.41) is 3.07. The molecule has 2 saturated carbocycles. The molecule has 4 atom stereocenters. The van der Waals surface area contributed by atoms with Crippen LogP contribution in [0.4, 0.5) is 0 Å². The van der Waals surface area contributed by atoms with Crippen molar-refractivity contribution in [2.75, 3.05) is 0 Å². The smallest absolute Gasteiger partial charge is 0.207 e. The maximum absolute atomic E-state index is 10.8. The molecule has 0 radical (unpaired) electrons. The molecule has 1 N–H and O–H groups in total. The van der Waals surface area contributed by atoms with Crippen LogP contribution in [0.2, 0.25) is 0 Å². The summed E-state index contributed by atoms with van der Waals surface area (Å²) in [6, 6.07) is 0. The number of carbonyl (C=O) groups excluding carboxylic acids is 1. The molecule has 0 aromatic carbocycles. The van der Waals surface area contributed by atoms with Crippen LogP contribution in [0.3, 0.4) is 0 Å². The minimum atomic E-state index is 0.0175. The van der Waals surface area contributed by atoms with Crippen LogP contribution < -0.4 is 5.32 Å². The fourth-order valence-corrected chi connectivity index (χ4v) is 5.39. The van der Waals surface area contributed by atoms with Gasteiger partial charge in [0.1, 0.15) is 0 Å². The van der Waals surface area contributed by atoms with Crippen molar-refractivity contribution in [2.45, 2.75) is 65.3 Å². The van der Waals surface area contributed by atoms with E-state index in [1.54, 1.807) is 0 Å². The molecule has 1 amide bonds. The summed E-state index contributed by atoms with van der Waals surface area (Å²) in [5.41, 5.74) is 0.870. The lowest BCUT2D eigenvalue weighted by molar-refractivity contribution is -0.114. The lowest BCUT2D eigenvalue weighted by Crippen LogP contribution is -2.56. The van der Waals surface area contributed by atoms with Crippen LogP contribution in [-0.2, 0) is 4.79 Å². The van der Waals surface area contributed by atoms with Gasteiger partial charge in [-0.15, -0.1) is 0 Å². The van der Waals surface area contributed by atoms with Crippen LogP contribution in [0.1, 0.15) is 59.8 Å². The van der Waals surface area contributed by atoms with Gasteiger partial charge < -0.3 is 5.32 Å². The van der Waals surface area contributed by atoms with Gasteiger partial charge in [0.25, 0.3) is 0 Å². The molecule has 0 heterocycles. The molecule has 2 bridgehead atoms. The van der Waals surface area contributed by atoms with E-state index in [-0.39, 0.29) is 5.54 Å². The second kappa shape index (κ2) is 3.48. The van der Waals surface area contributed by atoms with E-state index in [1.165, 1.54) is 19.3 Å². The van der Waals surface area contributed by atoms with Crippen LogP contribution in [-0.4, -0.2) is 11.9 Å². The molecule has 2 aliphatic carbocycles. The van der Waals surface area contributed by atoms with Gasteiger partial charge in [0.05, 0.1) is 0 Å². The molecule has 0 aromatic rings. The lowest BCUT2D eigenvalue weighted by Gasteiger charge is -2.58. The summed E-state index contributed by atoms with van der Waals surface area (Å²) < 4.78 is 0. The Morgan fingerprint density at radius 2 is 1.56 bits per heavy atom. The average molecular weight is 223 g/mol. The zero-order valence-corrected chi connectivity index (χ0v) is 11.1. The molecule has 92 valence electrons. The molecule has 2 fully saturated rings. The Kier molecular flexibility index (Phi) is 2.60. The Hall–Kier alpha value is -0.530. The minimum absolute atomic E-state index is 0.0175. The molecule has 0 spiro atoms. The lowest BCUT2D eigenvalue weighted by atomic mass is 9.50. The zero-order chi connectivity index (χ0) is 12.0. The van der Waals surface area contributed by atoms with Crippen molar-refractivity contribution in [1.29, 1.82) is 0 Å². The summed E-state index contributed by atoms with van der Waals surface area (Å²) in [5.74, 6) is 0.838. The zero-order valence-electron chi connectivity index (χ0n) is 11.1. The van der Waals surface area contributed by atoms with Gasteiger partial charge in [-0.25, -0.2) is 0 Å². The summed E-state index contributed by atoms with van der Waals surface area (Å²) in [7, 11) is 0. The fraction of sp³-hybridized carbons (Fsp3) is 0.929. The first kappa shape index (κ1) is 11.9. The highest BCUT2D eigenvalue weighted by molar-refractivity contribution is 5.48. The number of carbonyl (C=O) groups is 1.